The number of carboxylic acid groups (broad SMARTS) is 2. The Hall–Kier alpha value is -2.38. The van der Waals surface area contributed by atoms with Gasteiger partial charge in [-0.2, -0.15) is 12.6 Å². The van der Waals surface area contributed by atoms with Crippen LogP contribution >= 0.6 is 12.6 Å². The van der Waals surface area contributed by atoms with Crippen LogP contribution in [-0.4, -0.2) is 76.8 Å². The molecule has 29 heavy (non-hydrogen) atoms. The summed E-state index contributed by atoms with van der Waals surface area (Å²) in [4.78, 5) is 57.8. The van der Waals surface area contributed by atoms with Crippen LogP contribution in [0.5, 0.6) is 0 Å². The van der Waals surface area contributed by atoms with E-state index in [1.165, 1.54) is 0 Å². The van der Waals surface area contributed by atoms with E-state index in [0.717, 1.165) is 0 Å². The summed E-state index contributed by atoms with van der Waals surface area (Å²) in [6.07, 6.45) is 1.04. The van der Waals surface area contributed by atoms with Gasteiger partial charge < -0.3 is 37.6 Å². The highest BCUT2D eigenvalue weighted by Crippen LogP contribution is 2.02. The number of nitrogens with one attached hydrogen (secondary N) is 3. The molecule has 3 atom stereocenters. The number of carboxylic acids is 2. The topological polar surface area (TPSA) is 214 Å². The summed E-state index contributed by atoms with van der Waals surface area (Å²) in [5.74, 6) is -4.79. The van der Waals surface area contributed by atoms with Crippen molar-refractivity contribution in [2.45, 2.75) is 50.2 Å². The van der Waals surface area contributed by atoms with Crippen molar-refractivity contribution in [3.05, 3.63) is 0 Å². The molecule has 13 heteroatoms. The standard InChI is InChI=1S/C16H29N5O7S/c17-6-2-1-3-9(18)14(25)21-10(4-5-13(23)24)15(26)19-7-12(22)20-11(8-29)16(27)28/h9-11,29H,1-8,17-18H2,(H,19,26)(H,20,22)(H,21,25)(H,23,24)(H,27,28). The largest absolute Gasteiger partial charge is 0.481 e. The second-order valence-electron chi connectivity index (χ2n) is 6.24. The van der Waals surface area contributed by atoms with Gasteiger partial charge in [-0.1, -0.05) is 6.42 Å². The van der Waals surface area contributed by atoms with Crippen molar-refractivity contribution in [2.24, 2.45) is 11.5 Å². The first-order valence-corrected chi connectivity index (χ1v) is 9.64. The van der Waals surface area contributed by atoms with Gasteiger partial charge in [0.15, 0.2) is 0 Å². The molecular weight excluding hydrogens is 406 g/mol. The molecule has 0 aromatic rings. The minimum absolute atomic E-state index is 0.144. The molecule has 9 N–H and O–H groups in total. The zero-order valence-electron chi connectivity index (χ0n) is 15.9. The third kappa shape index (κ3) is 11.9. The van der Waals surface area contributed by atoms with Gasteiger partial charge >= 0.3 is 11.9 Å². The van der Waals surface area contributed by atoms with Crippen LogP contribution in [0.25, 0.3) is 0 Å². The Balaban J connectivity index is 4.78. The second-order valence-corrected chi connectivity index (χ2v) is 6.61. The van der Waals surface area contributed by atoms with E-state index in [4.69, 9.17) is 21.7 Å². The summed E-state index contributed by atoms with van der Waals surface area (Å²) in [6, 6.07) is -3.33. The molecule has 3 amide bonds. The highest BCUT2D eigenvalue weighted by atomic mass is 32.1. The number of aliphatic carboxylic acids is 2. The number of hydrogen-bond donors (Lipinski definition) is 8. The van der Waals surface area contributed by atoms with Crippen LogP contribution in [0.1, 0.15) is 32.1 Å². The third-order valence-corrected chi connectivity index (χ3v) is 4.19. The Bertz CT molecular complexity index is 590. The molecule has 166 valence electrons. The quantitative estimate of drug-likeness (QED) is 0.0998. The lowest BCUT2D eigenvalue weighted by molar-refractivity contribution is -0.141. The van der Waals surface area contributed by atoms with Crippen LogP contribution in [0.3, 0.4) is 0 Å². The maximum atomic E-state index is 12.3. The number of rotatable bonds is 15. The monoisotopic (exact) mass is 435 g/mol. The number of hydrogen-bond acceptors (Lipinski definition) is 8. The fourth-order valence-electron chi connectivity index (χ4n) is 2.18. The van der Waals surface area contributed by atoms with Gasteiger partial charge in [-0.25, -0.2) is 4.79 Å². The van der Waals surface area contributed by atoms with Crippen LogP contribution < -0.4 is 27.4 Å². The summed E-state index contributed by atoms with van der Waals surface area (Å²) < 4.78 is 0. The Morgan fingerprint density at radius 2 is 1.59 bits per heavy atom. The normalized spacial score (nSPS) is 13.6. The molecule has 0 fully saturated rings. The third-order valence-electron chi connectivity index (χ3n) is 3.82. The van der Waals surface area contributed by atoms with E-state index in [1.807, 2.05) is 0 Å². The van der Waals surface area contributed by atoms with Gasteiger partial charge in [0.05, 0.1) is 12.6 Å². The zero-order valence-corrected chi connectivity index (χ0v) is 16.8. The van der Waals surface area contributed by atoms with Crippen LogP contribution in [0.15, 0.2) is 0 Å². The SMILES string of the molecule is NCCCCC(N)C(=O)NC(CCC(=O)O)C(=O)NCC(=O)NC(CS)C(=O)O. The Morgan fingerprint density at radius 1 is 0.931 bits per heavy atom. The molecule has 12 nitrogen and oxygen atoms in total. The van der Waals surface area contributed by atoms with Crippen molar-refractivity contribution in [3.8, 4) is 0 Å². The van der Waals surface area contributed by atoms with Gasteiger partial charge in [0.2, 0.25) is 17.7 Å². The van der Waals surface area contributed by atoms with E-state index >= 15 is 0 Å². The van der Waals surface area contributed by atoms with Crippen molar-refractivity contribution >= 4 is 42.3 Å². The van der Waals surface area contributed by atoms with Crippen LogP contribution in [0, 0.1) is 0 Å². The summed E-state index contributed by atoms with van der Waals surface area (Å²) in [6.45, 7) is -0.103. The summed E-state index contributed by atoms with van der Waals surface area (Å²) in [5.41, 5.74) is 11.1. The van der Waals surface area contributed by atoms with Gasteiger partial charge in [-0.3, -0.25) is 19.2 Å². The predicted octanol–water partition coefficient (Wildman–Crippen LogP) is -2.59. The van der Waals surface area contributed by atoms with Crippen molar-refractivity contribution in [1.82, 2.24) is 16.0 Å². The summed E-state index contributed by atoms with van der Waals surface area (Å²) >= 11 is 3.80. The Kier molecular flexibility index (Phi) is 13.4. The number of thiol groups is 1. The van der Waals surface area contributed by atoms with Crippen LogP contribution in [0.2, 0.25) is 0 Å². The first kappa shape index (κ1) is 26.6. The fourth-order valence-corrected chi connectivity index (χ4v) is 2.42. The second kappa shape index (κ2) is 14.6. The summed E-state index contributed by atoms with van der Waals surface area (Å²) in [7, 11) is 0. The van der Waals surface area contributed by atoms with E-state index in [0.29, 0.717) is 25.8 Å². The zero-order chi connectivity index (χ0) is 22.4. The van der Waals surface area contributed by atoms with Crippen molar-refractivity contribution in [3.63, 3.8) is 0 Å². The molecule has 0 heterocycles. The highest BCUT2D eigenvalue weighted by Gasteiger charge is 2.25. The number of carbonyl (C=O) groups excluding carboxylic acids is 3. The molecule has 0 saturated heterocycles. The molecule has 0 aliphatic carbocycles. The lowest BCUT2D eigenvalue weighted by Gasteiger charge is -2.20. The van der Waals surface area contributed by atoms with Crippen LogP contribution in [-0.2, 0) is 24.0 Å². The van der Waals surface area contributed by atoms with Crippen molar-refractivity contribution < 1.29 is 34.2 Å². The minimum atomic E-state index is -1.28. The lowest BCUT2D eigenvalue weighted by Crippen LogP contribution is -2.53. The van der Waals surface area contributed by atoms with E-state index in [1.54, 1.807) is 0 Å². The molecule has 0 aliphatic rings. The van der Waals surface area contributed by atoms with Gasteiger partial charge in [0, 0.05) is 12.2 Å². The van der Waals surface area contributed by atoms with E-state index < -0.39 is 60.8 Å². The first-order valence-electron chi connectivity index (χ1n) is 9.00. The van der Waals surface area contributed by atoms with E-state index in [-0.39, 0.29) is 12.2 Å². The van der Waals surface area contributed by atoms with Crippen molar-refractivity contribution in [2.75, 3.05) is 18.8 Å². The molecule has 0 aliphatic heterocycles. The first-order chi connectivity index (χ1) is 13.6. The molecule has 3 unspecified atom stereocenters. The average Bonchev–Trinajstić information content (AvgIpc) is 2.66. The van der Waals surface area contributed by atoms with Gasteiger partial charge in [0.1, 0.15) is 12.1 Å². The number of nitrogens with two attached hydrogens (primary N) is 2. The smallest absolute Gasteiger partial charge is 0.327 e. The Labute approximate surface area is 173 Å². The number of unbranched alkanes of at least 4 members (excludes halogenated alkanes) is 1. The molecule has 0 aromatic carbocycles. The molecule has 0 radical (unpaired) electrons. The molecular formula is C16H29N5O7S. The fraction of sp³-hybridized carbons (Fsp3) is 0.688. The van der Waals surface area contributed by atoms with Crippen LogP contribution in [0.4, 0.5) is 0 Å². The number of carbonyl (C=O) groups is 5. The highest BCUT2D eigenvalue weighted by molar-refractivity contribution is 7.80. The molecule has 0 aromatic heterocycles. The van der Waals surface area contributed by atoms with Gasteiger partial charge in [-0.15, -0.1) is 0 Å². The lowest BCUT2D eigenvalue weighted by atomic mass is 10.1. The predicted molar refractivity (Wildman–Crippen MR) is 106 cm³/mol. The van der Waals surface area contributed by atoms with Gasteiger partial charge in [0.25, 0.3) is 0 Å². The van der Waals surface area contributed by atoms with Crippen molar-refractivity contribution in [1.29, 1.82) is 0 Å². The molecule has 0 spiro atoms. The molecule has 0 bridgehead atoms. The maximum absolute atomic E-state index is 12.3. The van der Waals surface area contributed by atoms with Gasteiger partial charge in [-0.05, 0) is 25.8 Å². The van der Waals surface area contributed by atoms with E-state index in [9.17, 15) is 24.0 Å². The minimum Gasteiger partial charge on any atom is -0.481 e. The average molecular weight is 436 g/mol. The maximum Gasteiger partial charge on any atom is 0.327 e. The molecule has 0 rings (SSSR count). The van der Waals surface area contributed by atoms with E-state index in [2.05, 4.69) is 28.6 Å². The molecule has 0 saturated carbocycles. The summed E-state index contributed by atoms with van der Waals surface area (Å²) in [5, 5.41) is 24.5. The Morgan fingerprint density at radius 3 is 2.10 bits per heavy atom. The number of amides is 3.